The van der Waals surface area contributed by atoms with Gasteiger partial charge in [-0.2, -0.15) is 5.10 Å². The summed E-state index contributed by atoms with van der Waals surface area (Å²) in [5, 5.41) is 7.69. The van der Waals surface area contributed by atoms with E-state index in [2.05, 4.69) is 32.1 Å². The number of halogens is 1. The first-order valence-electron chi connectivity index (χ1n) is 12.8. The number of nitrogens with zero attached hydrogens (tertiary/aromatic N) is 5. The van der Waals surface area contributed by atoms with Crippen LogP contribution in [0, 0.1) is 0 Å². The summed E-state index contributed by atoms with van der Waals surface area (Å²) in [6.45, 7) is 4.40. The number of H-pyrrole nitrogens is 1. The smallest absolute Gasteiger partial charge is 0.147 e. The summed E-state index contributed by atoms with van der Waals surface area (Å²) in [6.07, 6.45) is 4.50. The predicted octanol–water partition coefficient (Wildman–Crippen LogP) is 4.42. The number of hydrogen-bond acceptors (Lipinski definition) is 6. The molecule has 4 aromatic rings. The van der Waals surface area contributed by atoms with Crippen LogP contribution in [0.1, 0.15) is 24.0 Å². The second-order valence-corrected chi connectivity index (χ2v) is 10.1. The second kappa shape index (κ2) is 8.55. The van der Waals surface area contributed by atoms with Crippen LogP contribution in [0.3, 0.4) is 0 Å². The van der Waals surface area contributed by atoms with Crippen molar-refractivity contribution in [1.29, 1.82) is 0 Å². The van der Waals surface area contributed by atoms with E-state index in [-0.39, 0.29) is 0 Å². The number of pyridine rings is 2. The van der Waals surface area contributed by atoms with Crippen LogP contribution in [0.25, 0.3) is 33.5 Å². The zero-order valence-corrected chi connectivity index (χ0v) is 20.4. The molecule has 3 aliphatic rings. The Morgan fingerprint density at radius 1 is 1.08 bits per heavy atom. The molecule has 3 aromatic heterocycles. The first-order valence-corrected chi connectivity index (χ1v) is 12.8. The van der Waals surface area contributed by atoms with Gasteiger partial charge in [-0.1, -0.05) is 18.2 Å². The van der Waals surface area contributed by atoms with Crippen LogP contribution in [0.4, 0.5) is 10.2 Å². The van der Waals surface area contributed by atoms with E-state index in [4.69, 9.17) is 14.7 Å². The molecule has 2 saturated heterocycles. The SMILES string of the molecule is COc1cc2[nH]nc(-c3ccc(N4CCN5CCCC5C4)nc3)c2nc1-c1cccc2c1CC(F)C2. The average Bonchev–Trinajstić information content (AvgIpc) is 3.64. The maximum absolute atomic E-state index is 14.2. The summed E-state index contributed by atoms with van der Waals surface area (Å²) in [6, 6.07) is 12.7. The number of benzene rings is 1. The Hall–Kier alpha value is -3.52. The number of alkyl halides is 1. The van der Waals surface area contributed by atoms with Crippen molar-refractivity contribution in [2.24, 2.45) is 0 Å². The first-order chi connectivity index (χ1) is 17.7. The topological polar surface area (TPSA) is 70.2 Å². The van der Waals surface area contributed by atoms with Crippen LogP contribution in [0.5, 0.6) is 5.75 Å². The van der Waals surface area contributed by atoms with Gasteiger partial charge in [0, 0.05) is 61.9 Å². The number of methoxy groups -OCH3 is 1. The Morgan fingerprint density at radius 2 is 2.03 bits per heavy atom. The fourth-order valence-corrected chi connectivity index (χ4v) is 6.21. The van der Waals surface area contributed by atoms with Crippen LogP contribution < -0.4 is 9.64 Å². The van der Waals surface area contributed by atoms with Gasteiger partial charge in [0.15, 0.2) is 0 Å². The largest absolute Gasteiger partial charge is 0.494 e. The third-order valence-electron chi connectivity index (χ3n) is 8.05. The molecule has 0 spiro atoms. The highest BCUT2D eigenvalue weighted by Crippen LogP contribution is 2.39. The van der Waals surface area contributed by atoms with Gasteiger partial charge in [0.25, 0.3) is 0 Å². The minimum absolute atomic E-state index is 0.410. The van der Waals surface area contributed by atoms with Crippen molar-refractivity contribution in [3.05, 3.63) is 53.7 Å². The standard InChI is InChI=1S/C28H29FN6O/c1-36-24-14-23-28(31-27(24)21-6-2-4-17-12-19(29)13-22(17)21)26(33-32-23)18-7-8-25(30-15-18)35-11-10-34-9-3-5-20(34)16-35/h2,4,6-8,14-15,19-20H,3,5,9-13,16H2,1H3,(H,32,33). The number of aromatic nitrogens is 4. The Labute approximate surface area is 209 Å². The van der Waals surface area contributed by atoms with Crippen molar-refractivity contribution in [3.8, 4) is 28.3 Å². The van der Waals surface area contributed by atoms with Crippen LogP contribution >= 0.6 is 0 Å². The van der Waals surface area contributed by atoms with Crippen molar-refractivity contribution in [2.45, 2.75) is 37.9 Å². The molecular weight excluding hydrogens is 455 g/mol. The van der Waals surface area contributed by atoms with Gasteiger partial charge in [0.1, 0.15) is 34.6 Å². The Morgan fingerprint density at radius 3 is 2.89 bits per heavy atom. The molecule has 0 saturated carbocycles. The van der Waals surface area contributed by atoms with Crippen molar-refractivity contribution in [3.63, 3.8) is 0 Å². The van der Waals surface area contributed by atoms with E-state index in [1.54, 1.807) is 7.11 Å². The highest BCUT2D eigenvalue weighted by Gasteiger charge is 2.31. The molecular formula is C28H29FN6O. The number of fused-ring (bicyclic) bond motifs is 3. The summed E-state index contributed by atoms with van der Waals surface area (Å²) >= 11 is 0. The van der Waals surface area contributed by atoms with E-state index in [1.807, 2.05) is 30.5 Å². The molecule has 2 aliphatic heterocycles. The van der Waals surface area contributed by atoms with E-state index in [0.29, 0.717) is 24.6 Å². The zero-order valence-electron chi connectivity index (χ0n) is 20.4. The fraction of sp³-hybridized carbons (Fsp3) is 0.393. The highest BCUT2D eigenvalue weighted by atomic mass is 19.1. The Kier molecular flexibility index (Phi) is 5.16. The van der Waals surface area contributed by atoms with Gasteiger partial charge in [0.2, 0.25) is 0 Å². The molecule has 7 rings (SSSR count). The quantitative estimate of drug-likeness (QED) is 0.463. The predicted molar refractivity (Wildman–Crippen MR) is 138 cm³/mol. The average molecular weight is 485 g/mol. The van der Waals surface area contributed by atoms with Gasteiger partial charge in [-0.3, -0.25) is 10.00 Å². The monoisotopic (exact) mass is 484 g/mol. The molecule has 0 amide bonds. The molecule has 5 heterocycles. The number of ether oxygens (including phenoxy) is 1. The Balaban J connectivity index is 1.24. The molecule has 2 atom stereocenters. The van der Waals surface area contributed by atoms with Gasteiger partial charge in [-0.25, -0.2) is 14.4 Å². The molecule has 0 bridgehead atoms. The number of anilines is 1. The van der Waals surface area contributed by atoms with Gasteiger partial charge < -0.3 is 9.64 Å². The summed E-state index contributed by atoms with van der Waals surface area (Å²) < 4.78 is 19.9. The maximum atomic E-state index is 14.2. The maximum Gasteiger partial charge on any atom is 0.147 e. The lowest BCUT2D eigenvalue weighted by Gasteiger charge is -2.38. The summed E-state index contributed by atoms with van der Waals surface area (Å²) in [5.74, 6) is 1.66. The van der Waals surface area contributed by atoms with Gasteiger partial charge >= 0.3 is 0 Å². The minimum atomic E-state index is -0.846. The highest BCUT2D eigenvalue weighted by molar-refractivity contribution is 5.93. The molecule has 184 valence electrons. The van der Waals surface area contributed by atoms with Crippen molar-refractivity contribution in [2.75, 3.05) is 38.2 Å². The van der Waals surface area contributed by atoms with Crippen LogP contribution in [-0.4, -0.2) is 70.6 Å². The molecule has 1 N–H and O–H groups in total. The molecule has 1 aromatic carbocycles. The molecule has 2 unspecified atom stereocenters. The second-order valence-electron chi connectivity index (χ2n) is 10.1. The number of rotatable bonds is 4. The lowest BCUT2D eigenvalue weighted by molar-refractivity contribution is 0.230. The van der Waals surface area contributed by atoms with Gasteiger partial charge in [0.05, 0.1) is 12.6 Å². The van der Waals surface area contributed by atoms with Crippen molar-refractivity contribution in [1.82, 2.24) is 25.1 Å². The Bertz CT molecular complexity index is 1430. The van der Waals surface area contributed by atoms with Crippen LogP contribution in [0.15, 0.2) is 42.6 Å². The summed E-state index contributed by atoms with van der Waals surface area (Å²) in [7, 11) is 1.64. The lowest BCUT2D eigenvalue weighted by Crippen LogP contribution is -2.50. The minimum Gasteiger partial charge on any atom is -0.494 e. The first kappa shape index (κ1) is 21.7. The van der Waals surface area contributed by atoms with E-state index in [0.717, 1.165) is 70.1 Å². The number of nitrogens with one attached hydrogen (secondary N) is 1. The van der Waals surface area contributed by atoms with Gasteiger partial charge in [-0.15, -0.1) is 0 Å². The molecule has 36 heavy (non-hydrogen) atoms. The van der Waals surface area contributed by atoms with E-state index >= 15 is 0 Å². The molecule has 1 aliphatic carbocycles. The van der Waals surface area contributed by atoms with E-state index < -0.39 is 6.17 Å². The molecule has 7 nitrogen and oxygen atoms in total. The molecule has 0 radical (unpaired) electrons. The van der Waals surface area contributed by atoms with Crippen LogP contribution in [0.2, 0.25) is 0 Å². The zero-order chi connectivity index (χ0) is 24.2. The number of hydrogen-bond donors (Lipinski definition) is 1. The third kappa shape index (κ3) is 3.54. The molecule has 2 fully saturated rings. The fourth-order valence-electron chi connectivity index (χ4n) is 6.21. The van der Waals surface area contributed by atoms with Crippen molar-refractivity contribution >= 4 is 16.9 Å². The third-order valence-corrected chi connectivity index (χ3v) is 8.05. The summed E-state index contributed by atoms with van der Waals surface area (Å²) in [4.78, 5) is 14.8. The van der Waals surface area contributed by atoms with Crippen molar-refractivity contribution < 1.29 is 9.13 Å². The van der Waals surface area contributed by atoms with Gasteiger partial charge in [-0.05, 0) is 42.6 Å². The number of aromatic amines is 1. The van der Waals surface area contributed by atoms with Crippen LogP contribution in [-0.2, 0) is 12.8 Å². The van der Waals surface area contributed by atoms with E-state index in [9.17, 15) is 4.39 Å². The summed E-state index contributed by atoms with van der Waals surface area (Å²) in [5.41, 5.74) is 6.94. The molecule has 8 heteroatoms. The van der Waals surface area contributed by atoms with E-state index in [1.165, 1.54) is 19.4 Å². The number of piperazine rings is 1. The lowest BCUT2D eigenvalue weighted by atomic mass is 9.99. The normalized spacial score (nSPS) is 21.7.